The third-order valence-corrected chi connectivity index (χ3v) is 3.02. The van der Waals surface area contributed by atoms with E-state index in [0.29, 0.717) is 10.6 Å². The van der Waals surface area contributed by atoms with Crippen LogP contribution in [0.25, 0.3) is 0 Å². The molecule has 0 bridgehead atoms. The summed E-state index contributed by atoms with van der Waals surface area (Å²) in [5, 5.41) is 18.7. The Labute approximate surface area is 132 Å². The molecule has 122 valence electrons. The number of halogens is 4. The van der Waals surface area contributed by atoms with Gasteiger partial charge in [-0.3, -0.25) is 4.90 Å². The second-order valence-electron chi connectivity index (χ2n) is 4.75. The number of nitrogens with zero attached hydrogens (tertiary/aromatic N) is 1. The van der Waals surface area contributed by atoms with Crippen molar-refractivity contribution < 1.29 is 23.4 Å². The van der Waals surface area contributed by atoms with Crippen molar-refractivity contribution in [2.24, 2.45) is 0 Å². The first-order valence-electron chi connectivity index (χ1n) is 6.62. The lowest BCUT2D eigenvalue weighted by molar-refractivity contribution is -0.138. The zero-order chi connectivity index (χ0) is 16.6. The minimum absolute atomic E-state index is 0.0652. The predicted octanol–water partition coefficient (Wildman–Crippen LogP) is 2.30. The van der Waals surface area contributed by atoms with Gasteiger partial charge < -0.3 is 10.2 Å². The van der Waals surface area contributed by atoms with E-state index in [-0.39, 0.29) is 19.6 Å². The van der Waals surface area contributed by atoms with E-state index in [4.69, 9.17) is 16.7 Å². The number of aliphatic hydroxyl groups is 2. The van der Waals surface area contributed by atoms with Crippen LogP contribution in [0.2, 0.25) is 5.02 Å². The van der Waals surface area contributed by atoms with Gasteiger partial charge in [0.25, 0.3) is 0 Å². The summed E-state index contributed by atoms with van der Waals surface area (Å²) in [7, 11) is 0. The maximum absolute atomic E-state index is 12.3. The highest BCUT2D eigenvalue weighted by Gasteiger charge is 2.27. The normalized spacial score (nSPS) is 12.9. The van der Waals surface area contributed by atoms with Crippen LogP contribution in [0.1, 0.15) is 12.0 Å². The summed E-state index contributed by atoms with van der Waals surface area (Å²) >= 11 is 5.74. The summed E-state index contributed by atoms with van der Waals surface area (Å²) in [5.74, 6) is 5.57. The Kier molecular flexibility index (Phi) is 7.69. The molecule has 0 aliphatic rings. The first-order chi connectivity index (χ1) is 10.3. The Morgan fingerprint density at radius 3 is 2.41 bits per heavy atom. The molecule has 22 heavy (non-hydrogen) atoms. The fourth-order valence-corrected chi connectivity index (χ4v) is 1.79. The van der Waals surface area contributed by atoms with E-state index < -0.39 is 25.3 Å². The molecular formula is C15H17ClF3NO2. The standard InChI is InChI=1S/C15H17ClF3NO2/c16-13-5-3-12(4-6-13)2-1-8-20(10-14(22)11-21)9-7-15(17,18)19/h3-6,14,21-22H,7-11H2/t14-/m0/s1. The van der Waals surface area contributed by atoms with Crippen LogP contribution in [0.4, 0.5) is 13.2 Å². The maximum Gasteiger partial charge on any atom is 0.390 e. The summed E-state index contributed by atoms with van der Waals surface area (Å²) in [6.07, 6.45) is -6.36. The van der Waals surface area contributed by atoms with E-state index in [0.717, 1.165) is 0 Å². The number of rotatable bonds is 6. The van der Waals surface area contributed by atoms with E-state index in [2.05, 4.69) is 11.8 Å². The molecule has 2 N–H and O–H groups in total. The van der Waals surface area contributed by atoms with Crippen molar-refractivity contribution in [3.63, 3.8) is 0 Å². The summed E-state index contributed by atoms with van der Waals surface area (Å²) in [5.41, 5.74) is 0.697. The lowest BCUT2D eigenvalue weighted by Crippen LogP contribution is -2.36. The zero-order valence-corrected chi connectivity index (χ0v) is 12.5. The summed E-state index contributed by atoms with van der Waals surface area (Å²) in [6.45, 7) is -0.791. The third-order valence-electron chi connectivity index (χ3n) is 2.77. The Morgan fingerprint density at radius 1 is 1.23 bits per heavy atom. The van der Waals surface area contributed by atoms with Crippen molar-refractivity contribution in [2.75, 3.05) is 26.2 Å². The zero-order valence-electron chi connectivity index (χ0n) is 11.8. The fraction of sp³-hybridized carbons (Fsp3) is 0.467. The molecule has 0 amide bonds. The maximum atomic E-state index is 12.3. The van der Waals surface area contributed by atoms with E-state index >= 15 is 0 Å². The molecule has 0 saturated carbocycles. The van der Waals surface area contributed by atoms with Gasteiger partial charge in [0, 0.05) is 23.7 Å². The van der Waals surface area contributed by atoms with Crippen LogP contribution in [0, 0.1) is 11.8 Å². The molecule has 0 fully saturated rings. The van der Waals surface area contributed by atoms with Crippen LogP contribution in [0.5, 0.6) is 0 Å². The monoisotopic (exact) mass is 335 g/mol. The van der Waals surface area contributed by atoms with Crippen LogP contribution in [0.3, 0.4) is 0 Å². The second-order valence-corrected chi connectivity index (χ2v) is 5.18. The number of hydrogen-bond acceptors (Lipinski definition) is 3. The molecule has 7 heteroatoms. The molecule has 1 rings (SSSR count). The quantitative estimate of drug-likeness (QED) is 0.784. The van der Waals surface area contributed by atoms with E-state index in [1.807, 2.05) is 0 Å². The van der Waals surface area contributed by atoms with Gasteiger partial charge in [-0.05, 0) is 24.3 Å². The van der Waals surface area contributed by atoms with Gasteiger partial charge in [0.1, 0.15) is 0 Å². The largest absolute Gasteiger partial charge is 0.394 e. The molecule has 1 aromatic carbocycles. The topological polar surface area (TPSA) is 43.7 Å². The number of alkyl halides is 3. The molecule has 1 atom stereocenters. The smallest absolute Gasteiger partial charge is 0.390 e. The Bertz CT molecular complexity index is 508. The van der Waals surface area contributed by atoms with Crippen LogP contribution < -0.4 is 0 Å². The lowest BCUT2D eigenvalue weighted by Gasteiger charge is -2.22. The molecule has 0 aliphatic carbocycles. The van der Waals surface area contributed by atoms with Crippen molar-refractivity contribution in [3.8, 4) is 11.8 Å². The molecule has 0 unspecified atom stereocenters. The minimum atomic E-state index is -4.27. The molecule has 0 spiro atoms. The summed E-state index contributed by atoms with van der Waals surface area (Å²) in [6, 6.07) is 6.75. The van der Waals surface area contributed by atoms with Gasteiger partial charge in [-0.1, -0.05) is 23.4 Å². The Balaban J connectivity index is 2.61. The molecule has 0 saturated heterocycles. The van der Waals surface area contributed by atoms with Gasteiger partial charge in [-0.2, -0.15) is 13.2 Å². The van der Waals surface area contributed by atoms with Gasteiger partial charge in [0.05, 0.1) is 25.7 Å². The highest BCUT2D eigenvalue weighted by molar-refractivity contribution is 6.30. The molecular weight excluding hydrogens is 319 g/mol. The van der Waals surface area contributed by atoms with Gasteiger partial charge in [-0.25, -0.2) is 0 Å². The molecule has 3 nitrogen and oxygen atoms in total. The number of hydrogen-bond donors (Lipinski definition) is 2. The van der Waals surface area contributed by atoms with Crippen LogP contribution >= 0.6 is 11.6 Å². The van der Waals surface area contributed by atoms with Crippen molar-refractivity contribution in [3.05, 3.63) is 34.9 Å². The van der Waals surface area contributed by atoms with E-state index in [1.54, 1.807) is 24.3 Å². The average molecular weight is 336 g/mol. The minimum Gasteiger partial charge on any atom is -0.394 e. The molecule has 0 aromatic heterocycles. The van der Waals surface area contributed by atoms with Crippen molar-refractivity contribution in [2.45, 2.75) is 18.7 Å². The highest BCUT2D eigenvalue weighted by atomic mass is 35.5. The van der Waals surface area contributed by atoms with Crippen molar-refractivity contribution in [1.29, 1.82) is 0 Å². The molecule has 0 aliphatic heterocycles. The van der Waals surface area contributed by atoms with Gasteiger partial charge in [-0.15, -0.1) is 0 Å². The predicted molar refractivity (Wildman–Crippen MR) is 78.5 cm³/mol. The summed E-state index contributed by atoms with van der Waals surface area (Å²) < 4.78 is 36.8. The average Bonchev–Trinajstić information content (AvgIpc) is 2.45. The molecule has 0 heterocycles. The third kappa shape index (κ3) is 8.25. The van der Waals surface area contributed by atoms with E-state index in [9.17, 15) is 18.3 Å². The SMILES string of the molecule is OC[C@@H](O)CN(CC#Cc1ccc(Cl)cc1)CCC(F)(F)F. The molecule has 0 radical (unpaired) electrons. The first-order valence-corrected chi connectivity index (χ1v) is 7.00. The Hall–Kier alpha value is -1.26. The van der Waals surface area contributed by atoms with Crippen LogP contribution in [-0.4, -0.2) is 53.6 Å². The highest BCUT2D eigenvalue weighted by Crippen LogP contribution is 2.19. The van der Waals surface area contributed by atoms with E-state index in [1.165, 1.54) is 4.90 Å². The second kappa shape index (κ2) is 9.01. The van der Waals surface area contributed by atoms with Crippen LogP contribution in [0.15, 0.2) is 24.3 Å². The van der Waals surface area contributed by atoms with Gasteiger partial charge in [0.2, 0.25) is 0 Å². The van der Waals surface area contributed by atoms with Gasteiger partial charge in [0.15, 0.2) is 0 Å². The van der Waals surface area contributed by atoms with Crippen LogP contribution in [-0.2, 0) is 0 Å². The first kappa shape index (κ1) is 18.8. The fourth-order valence-electron chi connectivity index (χ4n) is 1.66. The van der Waals surface area contributed by atoms with Crippen molar-refractivity contribution in [1.82, 2.24) is 4.90 Å². The van der Waals surface area contributed by atoms with Crippen molar-refractivity contribution >= 4 is 11.6 Å². The molecule has 1 aromatic rings. The van der Waals surface area contributed by atoms with Gasteiger partial charge >= 0.3 is 6.18 Å². The Morgan fingerprint density at radius 2 is 1.86 bits per heavy atom. The number of aliphatic hydroxyl groups excluding tert-OH is 2. The lowest BCUT2D eigenvalue weighted by atomic mass is 10.2. The summed E-state index contributed by atoms with van der Waals surface area (Å²) in [4.78, 5) is 1.36. The number of benzene rings is 1.